The van der Waals surface area contributed by atoms with Gasteiger partial charge in [-0.3, -0.25) is 0 Å². The van der Waals surface area contributed by atoms with E-state index >= 15 is 0 Å². The minimum absolute atomic E-state index is 0.0724. The summed E-state index contributed by atoms with van der Waals surface area (Å²) in [5.41, 5.74) is 1.86. The molecular weight excluding hydrogens is 633 g/mol. The van der Waals surface area contributed by atoms with Crippen LogP contribution in [-0.2, 0) is 0 Å². The highest BCUT2D eigenvalue weighted by Gasteiger charge is 2.41. The third-order valence-electron chi connectivity index (χ3n) is 9.39. The summed E-state index contributed by atoms with van der Waals surface area (Å²) in [7, 11) is -5.24. The predicted molar refractivity (Wildman–Crippen MR) is 219 cm³/mol. The summed E-state index contributed by atoms with van der Waals surface area (Å²) in [4.78, 5) is 0. The molecule has 0 radical (unpaired) electrons. The monoisotopic (exact) mass is 684 g/mol. The third-order valence-corrected chi connectivity index (χ3v) is 13.6. The van der Waals surface area contributed by atoms with Gasteiger partial charge in [-0.25, -0.2) is 0 Å². The molecule has 0 unspecified atom stereocenters. The largest absolute Gasteiger partial charge is 0.309 e. The van der Waals surface area contributed by atoms with Crippen molar-refractivity contribution in [3.05, 3.63) is 206 Å². The topological polar surface area (TPSA) is 9.86 Å². The molecule has 0 saturated carbocycles. The highest BCUT2D eigenvalue weighted by Crippen LogP contribution is 2.36. The molecule has 51 heavy (non-hydrogen) atoms. The first kappa shape index (κ1) is 16.5. The third kappa shape index (κ3) is 4.49. The summed E-state index contributed by atoms with van der Waals surface area (Å²) in [6.45, 7) is 0. The van der Waals surface area contributed by atoms with Gasteiger partial charge in [0.1, 0.15) is 0 Å². The molecule has 0 amide bonds. The maximum Gasteiger partial charge on any atom is 0.179 e. The lowest BCUT2D eigenvalue weighted by molar-refractivity contribution is 1.17. The van der Waals surface area contributed by atoms with Crippen molar-refractivity contribution in [1.82, 2.24) is 9.13 Å². The summed E-state index contributed by atoms with van der Waals surface area (Å²) >= 11 is 0. The summed E-state index contributed by atoms with van der Waals surface area (Å²) in [6.07, 6.45) is 0. The molecule has 3 heteroatoms. The van der Waals surface area contributed by atoms with Crippen molar-refractivity contribution in [2.24, 2.45) is 0 Å². The van der Waals surface area contributed by atoms with Crippen LogP contribution in [0.2, 0.25) is 0 Å². The van der Waals surface area contributed by atoms with E-state index in [4.69, 9.17) is 13.7 Å². The van der Waals surface area contributed by atoms with E-state index in [2.05, 4.69) is 0 Å². The van der Waals surface area contributed by atoms with Crippen LogP contribution in [0.5, 0.6) is 0 Å². The van der Waals surface area contributed by atoms with Gasteiger partial charge in [0.2, 0.25) is 0 Å². The van der Waals surface area contributed by atoms with Gasteiger partial charge in [-0.15, -0.1) is 0 Å². The number of benzene rings is 8. The van der Waals surface area contributed by atoms with Crippen molar-refractivity contribution in [3.63, 3.8) is 0 Å². The molecule has 2 nitrogen and oxygen atoms in total. The Labute approximate surface area is 323 Å². The standard InChI is InChI=1S/C48H34N2Si/c1-4-18-37(19-5-1)51(38-20-6-2-7-21-38,39-22-8-3-9-23-39)40-24-16-17-35(33-40)49-47-30-15-12-27-43(47)44-34-36(31-32-48(44)49)50-45-28-13-10-25-41(45)42-26-11-14-29-46(42)50/h1-34H/i1D,2D,4D,5D,6D,7D,10D,13D,16D,17D,18D,19D,20D,21D,24D,25D,28D,33D. The average Bonchev–Trinajstić information content (AvgIpc) is 3.87. The molecule has 0 aliphatic heterocycles. The lowest BCUT2D eigenvalue weighted by Gasteiger charge is -2.34. The summed E-state index contributed by atoms with van der Waals surface area (Å²) in [6, 6.07) is 15.0. The zero-order valence-corrected chi connectivity index (χ0v) is 27.6. The fourth-order valence-electron chi connectivity index (χ4n) is 7.28. The van der Waals surface area contributed by atoms with Gasteiger partial charge in [-0.2, -0.15) is 0 Å². The van der Waals surface area contributed by atoms with Crippen LogP contribution in [0.3, 0.4) is 0 Å². The van der Waals surface area contributed by atoms with E-state index < -0.39 is 114 Å². The SMILES string of the molecule is [2H]c1c([2H])c([2H])c([Si](c2ccccc2)(c2c([2H])c([2H])c([2H])c([2H])c2[2H])c2c([2H])c([2H])c([2H])c(-n3c4ccccc4c4cc(-n5c6ccccc6c6c([2H])c([2H])c([2H])c([2H])c65)ccc43)c2[2H])c([2H])c1[2H]. The van der Waals surface area contributed by atoms with Crippen LogP contribution < -0.4 is 20.7 Å². The number of nitrogens with zero attached hydrogens (tertiary/aromatic N) is 2. The van der Waals surface area contributed by atoms with E-state index in [9.17, 15) is 11.0 Å². The molecule has 0 atom stereocenters. The fourth-order valence-corrected chi connectivity index (χ4v) is 11.1. The van der Waals surface area contributed by atoms with Gasteiger partial charge in [0.15, 0.2) is 8.07 Å². The second-order valence-corrected chi connectivity index (χ2v) is 15.5. The van der Waals surface area contributed by atoms with Crippen molar-refractivity contribution in [2.45, 2.75) is 0 Å². The zero-order valence-electron chi connectivity index (χ0n) is 44.6. The van der Waals surface area contributed by atoms with Crippen LogP contribution in [0, 0.1) is 0 Å². The first-order valence-corrected chi connectivity index (χ1v) is 18.1. The van der Waals surface area contributed by atoms with E-state index in [0.717, 1.165) is 0 Å². The molecule has 0 N–H and O–H groups in total. The molecule has 2 heterocycles. The van der Waals surface area contributed by atoms with Crippen molar-refractivity contribution in [3.8, 4) is 11.4 Å². The second-order valence-electron chi connectivity index (χ2n) is 12.0. The quantitative estimate of drug-likeness (QED) is 0.122. The van der Waals surface area contributed by atoms with Crippen LogP contribution >= 0.6 is 0 Å². The Morgan fingerprint density at radius 2 is 0.902 bits per heavy atom. The summed E-state index contributed by atoms with van der Waals surface area (Å²) in [5, 5.41) is 0.633. The van der Waals surface area contributed by atoms with Crippen LogP contribution in [0.1, 0.15) is 24.7 Å². The van der Waals surface area contributed by atoms with Crippen molar-refractivity contribution >= 4 is 72.4 Å². The molecule has 8 aromatic carbocycles. The number of hydrogen-bond acceptors (Lipinski definition) is 0. The molecule has 0 fully saturated rings. The highest BCUT2D eigenvalue weighted by atomic mass is 28.3. The maximum atomic E-state index is 10.4. The molecular formula is C48H34N2Si. The Balaban J connectivity index is 1.39. The normalized spacial score (nSPS) is 16.9. The van der Waals surface area contributed by atoms with E-state index in [1.54, 1.807) is 94.1 Å². The van der Waals surface area contributed by atoms with Gasteiger partial charge >= 0.3 is 0 Å². The van der Waals surface area contributed by atoms with Crippen LogP contribution in [0.25, 0.3) is 55.0 Å². The van der Waals surface area contributed by atoms with Crippen LogP contribution in [-0.4, -0.2) is 17.2 Å². The molecule has 0 spiro atoms. The Morgan fingerprint density at radius 3 is 1.61 bits per heavy atom. The van der Waals surface area contributed by atoms with Gasteiger partial charge in [0.25, 0.3) is 0 Å². The number of rotatable bonds is 6. The maximum absolute atomic E-state index is 10.4. The highest BCUT2D eigenvalue weighted by molar-refractivity contribution is 7.19. The van der Waals surface area contributed by atoms with E-state index in [1.165, 1.54) is 12.1 Å². The first-order chi connectivity index (χ1) is 32.8. The predicted octanol–water partition coefficient (Wildman–Crippen LogP) is 9.26. The van der Waals surface area contributed by atoms with Gasteiger partial charge in [-0.1, -0.05) is 157 Å². The Hall–Kier alpha value is -6.42. The first-order valence-electron chi connectivity index (χ1n) is 25.1. The van der Waals surface area contributed by atoms with Gasteiger partial charge in [0, 0.05) is 32.9 Å². The molecule has 10 aromatic rings. The zero-order chi connectivity index (χ0) is 49.4. The van der Waals surface area contributed by atoms with Gasteiger partial charge in [0.05, 0.1) is 46.7 Å². The van der Waals surface area contributed by atoms with E-state index in [0.29, 0.717) is 43.8 Å². The summed E-state index contributed by atoms with van der Waals surface area (Å²) < 4.78 is 168. The van der Waals surface area contributed by atoms with Crippen LogP contribution in [0.4, 0.5) is 0 Å². The van der Waals surface area contributed by atoms with Crippen molar-refractivity contribution < 1.29 is 24.7 Å². The molecule has 0 bridgehead atoms. The van der Waals surface area contributed by atoms with Crippen molar-refractivity contribution in [1.29, 1.82) is 0 Å². The molecule has 0 aliphatic rings. The Bertz CT molecular complexity index is 3780. The molecule has 0 aliphatic carbocycles. The van der Waals surface area contributed by atoms with Gasteiger partial charge in [-0.05, 0) is 69.2 Å². The summed E-state index contributed by atoms with van der Waals surface area (Å²) in [5.74, 6) is 0. The molecule has 0 saturated heterocycles. The second kappa shape index (κ2) is 11.9. The lowest BCUT2D eigenvalue weighted by atomic mass is 10.1. The van der Waals surface area contributed by atoms with Gasteiger partial charge < -0.3 is 9.13 Å². The number of fused-ring (bicyclic) bond motifs is 6. The minimum atomic E-state index is -5.24. The molecule has 240 valence electrons. The van der Waals surface area contributed by atoms with Crippen LogP contribution in [0.15, 0.2) is 206 Å². The number of para-hydroxylation sites is 3. The molecule has 10 rings (SSSR count). The van der Waals surface area contributed by atoms with Crippen molar-refractivity contribution in [2.75, 3.05) is 0 Å². The van der Waals surface area contributed by atoms with E-state index in [-0.39, 0.29) is 34.5 Å². The Kier molecular flexibility index (Phi) is 3.85. The lowest BCUT2D eigenvalue weighted by Crippen LogP contribution is -2.74. The number of hydrogen-bond donors (Lipinski definition) is 0. The Morgan fingerprint density at radius 1 is 0.353 bits per heavy atom. The minimum Gasteiger partial charge on any atom is -0.309 e. The fraction of sp³-hybridized carbons (Fsp3) is 0. The average molecular weight is 685 g/mol. The smallest absolute Gasteiger partial charge is 0.179 e. The van der Waals surface area contributed by atoms with E-state index in [1.807, 2.05) is 0 Å². The molecule has 2 aromatic heterocycles. The number of aromatic nitrogens is 2.